The Morgan fingerprint density at radius 2 is 1.94 bits per heavy atom. The van der Waals surface area contributed by atoms with Crippen molar-refractivity contribution in [3.8, 4) is 0 Å². The molecule has 4 N–H and O–H groups in total. The predicted octanol–water partition coefficient (Wildman–Crippen LogP) is 2.26. The largest absolute Gasteiger partial charge is 0.340 e. The van der Waals surface area contributed by atoms with Crippen LogP contribution in [0, 0.1) is 19.7 Å². The van der Waals surface area contributed by atoms with Gasteiger partial charge in [-0.3, -0.25) is 5.43 Å². The van der Waals surface area contributed by atoms with Crippen LogP contribution in [0.3, 0.4) is 0 Å². The van der Waals surface area contributed by atoms with Gasteiger partial charge >= 0.3 is 0 Å². The first kappa shape index (κ1) is 12.3. The predicted molar refractivity (Wildman–Crippen MR) is 69.0 cm³/mol. The molecule has 0 atom stereocenters. The number of nitrogens with one attached hydrogen (secondary N) is 2. The van der Waals surface area contributed by atoms with E-state index in [9.17, 15) is 4.39 Å². The molecule has 0 radical (unpaired) electrons. The highest BCUT2D eigenvalue weighted by Gasteiger charge is 2.04. The maximum Gasteiger partial charge on any atom is 0.239 e. The second-order valence-electron chi connectivity index (χ2n) is 3.95. The van der Waals surface area contributed by atoms with Gasteiger partial charge in [-0.25, -0.2) is 15.2 Å². The van der Waals surface area contributed by atoms with Crippen molar-refractivity contribution in [2.45, 2.75) is 13.8 Å². The minimum Gasteiger partial charge on any atom is -0.340 e. The van der Waals surface area contributed by atoms with Gasteiger partial charge in [0.15, 0.2) is 0 Å². The number of aromatic nitrogens is 2. The second-order valence-corrected chi connectivity index (χ2v) is 3.95. The first-order chi connectivity index (χ1) is 8.58. The van der Waals surface area contributed by atoms with Crippen LogP contribution in [0.5, 0.6) is 0 Å². The Morgan fingerprint density at radius 1 is 1.17 bits per heavy atom. The summed E-state index contributed by atoms with van der Waals surface area (Å²) >= 11 is 0. The van der Waals surface area contributed by atoms with Crippen LogP contribution in [-0.4, -0.2) is 9.97 Å². The fourth-order valence-corrected chi connectivity index (χ4v) is 1.56. The monoisotopic (exact) mass is 247 g/mol. The first-order valence-corrected chi connectivity index (χ1v) is 5.44. The van der Waals surface area contributed by atoms with Crippen molar-refractivity contribution < 1.29 is 4.39 Å². The zero-order valence-electron chi connectivity index (χ0n) is 10.2. The number of anilines is 3. The Morgan fingerprint density at radius 3 is 2.67 bits per heavy atom. The summed E-state index contributed by atoms with van der Waals surface area (Å²) in [4.78, 5) is 8.21. The van der Waals surface area contributed by atoms with E-state index in [-0.39, 0.29) is 5.82 Å². The van der Waals surface area contributed by atoms with E-state index in [4.69, 9.17) is 5.84 Å². The fraction of sp³-hybridized carbons (Fsp3) is 0.167. The van der Waals surface area contributed by atoms with Crippen molar-refractivity contribution in [3.63, 3.8) is 0 Å². The summed E-state index contributed by atoms with van der Waals surface area (Å²) in [6, 6.07) is 6.29. The molecule has 2 rings (SSSR count). The lowest BCUT2D eigenvalue weighted by Crippen LogP contribution is -2.12. The van der Waals surface area contributed by atoms with Gasteiger partial charge in [0.1, 0.15) is 11.6 Å². The van der Waals surface area contributed by atoms with Gasteiger partial charge in [0.2, 0.25) is 5.95 Å². The topological polar surface area (TPSA) is 75.9 Å². The number of hydrazine groups is 1. The van der Waals surface area contributed by atoms with E-state index in [1.54, 1.807) is 12.1 Å². The van der Waals surface area contributed by atoms with E-state index in [0.717, 1.165) is 11.3 Å². The molecule has 18 heavy (non-hydrogen) atoms. The third kappa shape index (κ3) is 2.72. The van der Waals surface area contributed by atoms with E-state index in [1.807, 2.05) is 13.8 Å². The molecule has 0 aliphatic carbocycles. The third-order valence-corrected chi connectivity index (χ3v) is 2.45. The summed E-state index contributed by atoms with van der Waals surface area (Å²) in [6.45, 7) is 3.71. The average molecular weight is 247 g/mol. The van der Waals surface area contributed by atoms with Gasteiger partial charge in [-0.2, -0.15) is 4.98 Å². The van der Waals surface area contributed by atoms with Crippen LogP contribution in [0.1, 0.15) is 11.3 Å². The van der Waals surface area contributed by atoms with E-state index in [1.165, 1.54) is 12.1 Å². The standard InChI is InChI=1S/C12H14FN5/c1-7-3-4-9(13)6-10(7)16-11-5-8(2)15-12(17-11)18-14/h3-6H,14H2,1-2H3,(H2,15,16,17,18). The van der Waals surface area contributed by atoms with Crippen molar-refractivity contribution in [1.29, 1.82) is 0 Å². The number of nitrogens with zero attached hydrogens (tertiary/aromatic N) is 2. The summed E-state index contributed by atoms with van der Waals surface area (Å²) < 4.78 is 13.2. The Bertz CT molecular complexity index is 570. The molecule has 0 saturated carbocycles. The van der Waals surface area contributed by atoms with Crippen LogP contribution >= 0.6 is 0 Å². The van der Waals surface area contributed by atoms with Crippen molar-refractivity contribution in [2.24, 2.45) is 5.84 Å². The average Bonchev–Trinajstić information content (AvgIpc) is 2.33. The smallest absolute Gasteiger partial charge is 0.239 e. The van der Waals surface area contributed by atoms with Crippen LogP contribution in [0.15, 0.2) is 24.3 Å². The SMILES string of the molecule is Cc1cc(Nc2cc(F)ccc2C)nc(NN)n1. The van der Waals surface area contributed by atoms with E-state index in [0.29, 0.717) is 17.5 Å². The maximum absolute atomic E-state index is 13.2. The molecule has 94 valence electrons. The molecule has 0 unspecified atom stereocenters. The molecule has 0 amide bonds. The molecule has 1 aromatic carbocycles. The lowest BCUT2D eigenvalue weighted by atomic mass is 10.2. The lowest BCUT2D eigenvalue weighted by Gasteiger charge is -2.10. The first-order valence-electron chi connectivity index (χ1n) is 5.44. The van der Waals surface area contributed by atoms with Gasteiger partial charge in [0, 0.05) is 17.4 Å². The van der Waals surface area contributed by atoms with Crippen LogP contribution < -0.4 is 16.6 Å². The van der Waals surface area contributed by atoms with Gasteiger partial charge in [-0.15, -0.1) is 0 Å². The number of nitrogens with two attached hydrogens (primary N) is 1. The van der Waals surface area contributed by atoms with Crippen LogP contribution in [0.4, 0.5) is 21.8 Å². The van der Waals surface area contributed by atoms with E-state index < -0.39 is 0 Å². The fourth-order valence-electron chi connectivity index (χ4n) is 1.56. The van der Waals surface area contributed by atoms with Gasteiger partial charge in [0.05, 0.1) is 0 Å². The highest BCUT2D eigenvalue weighted by molar-refractivity contribution is 5.61. The van der Waals surface area contributed by atoms with Gasteiger partial charge < -0.3 is 5.32 Å². The molecule has 0 aliphatic heterocycles. The van der Waals surface area contributed by atoms with Crippen LogP contribution in [0.2, 0.25) is 0 Å². The van der Waals surface area contributed by atoms with Crippen molar-refractivity contribution in [2.75, 3.05) is 10.7 Å². The summed E-state index contributed by atoms with van der Waals surface area (Å²) in [5.41, 5.74) is 4.73. The number of aryl methyl sites for hydroxylation is 2. The normalized spacial score (nSPS) is 10.2. The number of nitrogen functional groups attached to an aromatic ring is 1. The Hall–Kier alpha value is -2.21. The van der Waals surface area contributed by atoms with Crippen molar-refractivity contribution >= 4 is 17.5 Å². The molecular weight excluding hydrogens is 233 g/mol. The Kier molecular flexibility index (Phi) is 3.38. The highest BCUT2D eigenvalue weighted by Crippen LogP contribution is 2.21. The number of hydrogen-bond acceptors (Lipinski definition) is 5. The zero-order chi connectivity index (χ0) is 13.1. The molecule has 0 saturated heterocycles. The molecule has 2 aromatic rings. The van der Waals surface area contributed by atoms with Gasteiger partial charge in [-0.05, 0) is 31.5 Å². The molecule has 6 heteroatoms. The molecule has 0 fully saturated rings. The van der Waals surface area contributed by atoms with Gasteiger partial charge in [0.25, 0.3) is 0 Å². The van der Waals surface area contributed by atoms with Crippen LogP contribution in [0.25, 0.3) is 0 Å². The molecule has 0 aliphatic rings. The highest BCUT2D eigenvalue weighted by atomic mass is 19.1. The quantitative estimate of drug-likeness (QED) is 0.573. The third-order valence-electron chi connectivity index (χ3n) is 2.45. The van der Waals surface area contributed by atoms with Crippen molar-refractivity contribution in [3.05, 3.63) is 41.3 Å². The number of rotatable bonds is 3. The molecule has 0 spiro atoms. The Labute approximate surface area is 104 Å². The molecule has 1 heterocycles. The van der Waals surface area contributed by atoms with Gasteiger partial charge in [-0.1, -0.05) is 6.07 Å². The molecule has 5 nitrogen and oxygen atoms in total. The van der Waals surface area contributed by atoms with Crippen molar-refractivity contribution in [1.82, 2.24) is 9.97 Å². The zero-order valence-corrected chi connectivity index (χ0v) is 10.2. The summed E-state index contributed by atoms with van der Waals surface area (Å²) in [6.07, 6.45) is 0. The number of hydrogen-bond donors (Lipinski definition) is 3. The maximum atomic E-state index is 13.2. The number of benzene rings is 1. The lowest BCUT2D eigenvalue weighted by molar-refractivity contribution is 0.628. The molecular formula is C12H14FN5. The minimum absolute atomic E-state index is 0.300. The molecule has 1 aromatic heterocycles. The number of halogens is 1. The second kappa shape index (κ2) is 4.97. The summed E-state index contributed by atoms with van der Waals surface area (Å²) in [5, 5.41) is 3.04. The van der Waals surface area contributed by atoms with E-state index in [2.05, 4.69) is 20.7 Å². The van der Waals surface area contributed by atoms with E-state index >= 15 is 0 Å². The summed E-state index contributed by atoms with van der Waals surface area (Å²) in [7, 11) is 0. The van der Waals surface area contributed by atoms with Crippen LogP contribution in [-0.2, 0) is 0 Å². The minimum atomic E-state index is -0.300. The summed E-state index contributed by atoms with van der Waals surface area (Å²) in [5.74, 6) is 5.84. The molecule has 0 bridgehead atoms. The Balaban J connectivity index is 2.33.